The number of rotatable bonds is 2. The molecule has 2 aromatic rings. The molecule has 14 heavy (non-hydrogen) atoms. The Balaban J connectivity index is 2.52. The van der Waals surface area contributed by atoms with Crippen molar-refractivity contribution >= 4 is 10.9 Å². The Kier molecular flexibility index (Phi) is 2.16. The second-order valence-corrected chi connectivity index (χ2v) is 3.96. The first-order valence-electron chi connectivity index (χ1n) is 4.87. The Labute approximate surface area is 84.7 Å². The molecule has 0 spiro atoms. The second kappa shape index (κ2) is 3.33. The predicted molar refractivity (Wildman–Crippen MR) is 61.5 cm³/mol. The quantitative estimate of drug-likeness (QED) is 0.631. The summed E-state index contributed by atoms with van der Waals surface area (Å²) in [5.41, 5.74) is 3.78. The number of fused-ring (bicyclic) bond motifs is 1. The van der Waals surface area contributed by atoms with Crippen LogP contribution in [0.15, 0.2) is 42.6 Å². The number of benzene rings is 1. The van der Waals surface area contributed by atoms with Crippen molar-refractivity contribution in [2.24, 2.45) is 0 Å². The topological polar surface area (TPSA) is 4.93 Å². The van der Waals surface area contributed by atoms with Crippen molar-refractivity contribution < 1.29 is 0 Å². The molecule has 0 amide bonds. The Bertz CT molecular complexity index is 477. The van der Waals surface area contributed by atoms with Crippen LogP contribution in [0.2, 0.25) is 0 Å². The number of hydrogen-bond donors (Lipinski definition) is 0. The molecule has 1 heteroatoms. The molecule has 1 aromatic carbocycles. The van der Waals surface area contributed by atoms with Crippen LogP contribution < -0.4 is 0 Å². The largest absolute Gasteiger partial charge is 0.343 e. The maximum Gasteiger partial charge on any atom is 0.0483 e. The Morgan fingerprint density at radius 1 is 1.36 bits per heavy atom. The van der Waals surface area contributed by atoms with Gasteiger partial charge in [-0.15, -0.1) is 0 Å². The van der Waals surface area contributed by atoms with Crippen molar-refractivity contribution in [2.75, 3.05) is 0 Å². The third-order valence-corrected chi connectivity index (χ3v) is 2.37. The van der Waals surface area contributed by atoms with Crippen LogP contribution in [0.5, 0.6) is 0 Å². The van der Waals surface area contributed by atoms with E-state index in [1.165, 1.54) is 22.0 Å². The van der Waals surface area contributed by atoms with Crippen LogP contribution in [-0.4, -0.2) is 4.57 Å². The summed E-state index contributed by atoms with van der Waals surface area (Å²) in [5, 5.41) is 1.31. The molecule has 0 aliphatic rings. The highest BCUT2D eigenvalue weighted by molar-refractivity contribution is 5.80. The Morgan fingerprint density at radius 2 is 2.14 bits per heavy atom. The normalized spacial score (nSPS) is 10.7. The lowest BCUT2D eigenvalue weighted by molar-refractivity contribution is 0.822. The number of aryl methyl sites for hydroxylation is 1. The van der Waals surface area contributed by atoms with Crippen molar-refractivity contribution in [3.8, 4) is 0 Å². The maximum atomic E-state index is 3.93. The van der Waals surface area contributed by atoms with E-state index in [-0.39, 0.29) is 0 Å². The third kappa shape index (κ3) is 1.58. The van der Waals surface area contributed by atoms with Gasteiger partial charge in [0.1, 0.15) is 0 Å². The van der Waals surface area contributed by atoms with Crippen molar-refractivity contribution in [1.82, 2.24) is 4.57 Å². The van der Waals surface area contributed by atoms with E-state index in [0.29, 0.717) is 0 Å². The molecule has 0 aliphatic carbocycles. The Hall–Kier alpha value is -1.50. The highest BCUT2D eigenvalue weighted by Crippen LogP contribution is 2.18. The zero-order valence-electron chi connectivity index (χ0n) is 8.75. The number of hydrogen-bond acceptors (Lipinski definition) is 0. The molecule has 0 N–H and O–H groups in total. The molecule has 0 radical (unpaired) electrons. The number of nitrogens with zero attached hydrogens (tertiary/aromatic N) is 1. The average molecular weight is 185 g/mol. The van der Waals surface area contributed by atoms with Gasteiger partial charge in [0.05, 0.1) is 0 Å². The molecule has 1 nitrogen and oxygen atoms in total. The minimum atomic E-state index is 0.909. The first kappa shape index (κ1) is 9.07. The zero-order valence-corrected chi connectivity index (χ0v) is 8.75. The van der Waals surface area contributed by atoms with Crippen LogP contribution >= 0.6 is 0 Å². The third-order valence-electron chi connectivity index (χ3n) is 2.37. The molecule has 0 atom stereocenters. The van der Waals surface area contributed by atoms with Crippen molar-refractivity contribution in [3.63, 3.8) is 0 Å². The van der Waals surface area contributed by atoms with Crippen LogP contribution in [0, 0.1) is 6.92 Å². The zero-order chi connectivity index (χ0) is 10.1. The van der Waals surface area contributed by atoms with Gasteiger partial charge in [0.2, 0.25) is 0 Å². The second-order valence-electron chi connectivity index (χ2n) is 3.96. The fraction of sp³-hybridized carbons (Fsp3) is 0.231. The predicted octanol–water partition coefficient (Wildman–Crippen LogP) is 3.53. The molecule has 0 aliphatic heterocycles. The van der Waals surface area contributed by atoms with E-state index in [1.54, 1.807) is 0 Å². The summed E-state index contributed by atoms with van der Waals surface area (Å²) in [6.07, 6.45) is 2.12. The Morgan fingerprint density at radius 3 is 2.86 bits per heavy atom. The maximum absolute atomic E-state index is 3.93. The highest BCUT2D eigenvalue weighted by atomic mass is 14.9. The lowest BCUT2D eigenvalue weighted by Crippen LogP contribution is -1.95. The van der Waals surface area contributed by atoms with Crippen LogP contribution in [-0.2, 0) is 6.54 Å². The molecular weight excluding hydrogens is 170 g/mol. The van der Waals surface area contributed by atoms with Gasteiger partial charge in [-0.05, 0) is 37.4 Å². The van der Waals surface area contributed by atoms with E-state index in [9.17, 15) is 0 Å². The molecule has 0 bridgehead atoms. The summed E-state index contributed by atoms with van der Waals surface area (Å²) in [5.74, 6) is 0. The smallest absolute Gasteiger partial charge is 0.0483 e. The molecule has 0 saturated carbocycles. The monoisotopic (exact) mass is 185 g/mol. The van der Waals surface area contributed by atoms with Gasteiger partial charge in [-0.1, -0.05) is 23.8 Å². The first-order chi connectivity index (χ1) is 6.66. The first-order valence-corrected chi connectivity index (χ1v) is 4.87. The fourth-order valence-electron chi connectivity index (χ4n) is 1.75. The van der Waals surface area contributed by atoms with Crippen LogP contribution in [0.1, 0.15) is 12.5 Å². The minimum absolute atomic E-state index is 0.909. The van der Waals surface area contributed by atoms with E-state index >= 15 is 0 Å². The van der Waals surface area contributed by atoms with Gasteiger partial charge in [-0.25, -0.2) is 0 Å². The van der Waals surface area contributed by atoms with E-state index < -0.39 is 0 Å². The van der Waals surface area contributed by atoms with Crippen LogP contribution in [0.4, 0.5) is 0 Å². The SMILES string of the molecule is C=C(C)Cn1ccc2cc(C)ccc21. The standard InChI is InChI=1S/C13H15N/c1-10(2)9-14-7-6-12-8-11(3)4-5-13(12)14/h4-8H,1,9H2,2-3H3. The lowest BCUT2D eigenvalue weighted by Gasteiger charge is -2.04. The van der Waals surface area contributed by atoms with Crippen molar-refractivity contribution in [2.45, 2.75) is 20.4 Å². The number of allylic oxidation sites excluding steroid dienone is 1. The molecular formula is C13H15N. The minimum Gasteiger partial charge on any atom is -0.343 e. The van der Waals surface area contributed by atoms with Gasteiger partial charge in [0.15, 0.2) is 0 Å². The van der Waals surface area contributed by atoms with E-state index in [4.69, 9.17) is 0 Å². The summed E-state index contributed by atoms with van der Waals surface area (Å²) in [7, 11) is 0. The summed E-state index contributed by atoms with van der Waals surface area (Å²) in [6.45, 7) is 9.02. The molecule has 0 saturated heterocycles. The average Bonchev–Trinajstić information content (AvgIpc) is 2.47. The highest BCUT2D eigenvalue weighted by Gasteiger charge is 2.00. The molecule has 1 heterocycles. The molecule has 72 valence electrons. The van der Waals surface area contributed by atoms with Gasteiger partial charge in [0, 0.05) is 18.3 Å². The van der Waals surface area contributed by atoms with Crippen molar-refractivity contribution in [1.29, 1.82) is 0 Å². The summed E-state index contributed by atoms with van der Waals surface area (Å²) < 4.78 is 2.23. The van der Waals surface area contributed by atoms with Crippen LogP contribution in [0.25, 0.3) is 10.9 Å². The lowest BCUT2D eigenvalue weighted by atomic mass is 10.2. The van der Waals surface area contributed by atoms with Gasteiger partial charge in [0.25, 0.3) is 0 Å². The van der Waals surface area contributed by atoms with Gasteiger partial charge >= 0.3 is 0 Å². The van der Waals surface area contributed by atoms with Gasteiger partial charge in [-0.2, -0.15) is 0 Å². The van der Waals surface area contributed by atoms with Crippen molar-refractivity contribution in [3.05, 3.63) is 48.2 Å². The van der Waals surface area contributed by atoms with Gasteiger partial charge in [-0.3, -0.25) is 0 Å². The molecule has 0 unspecified atom stereocenters. The number of aromatic nitrogens is 1. The summed E-state index contributed by atoms with van der Waals surface area (Å²) >= 11 is 0. The van der Waals surface area contributed by atoms with E-state index in [0.717, 1.165) is 6.54 Å². The van der Waals surface area contributed by atoms with E-state index in [1.807, 2.05) is 0 Å². The molecule has 0 fully saturated rings. The summed E-state index contributed by atoms with van der Waals surface area (Å²) in [4.78, 5) is 0. The fourth-order valence-corrected chi connectivity index (χ4v) is 1.75. The molecule has 1 aromatic heterocycles. The molecule has 2 rings (SSSR count). The summed E-state index contributed by atoms with van der Waals surface area (Å²) in [6, 6.07) is 8.69. The van der Waals surface area contributed by atoms with Gasteiger partial charge < -0.3 is 4.57 Å². The van der Waals surface area contributed by atoms with E-state index in [2.05, 4.69) is 55.5 Å². The van der Waals surface area contributed by atoms with Crippen LogP contribution in [0.3, 0.4) is 0 Å².